The molecule has 2 rings (SSSR count). The molecule has 0 saturated heterocycles. The predicted molar refractivity (Wildman–Crippen MR) is 66.4 cm³/mol. The molecule has 1 heterocycles. The fourth-order valence-electron chi connectivity index (χ4n) is 1.48. The highest BCUT2D eigenvalue weighted by Gasteiger charge is 2.14. The first kappa shape index (κ1) is 11.9. The van der Waals surface area contributed by atoms with Gasteiger partial charge in [-0.1, -0.05) is 0 Å². The molecular weight excluding hydrogens is 234 g/mol. The zero-order valence-corrected chi connectivity index (χ0v) is 10.0. The number of rotatable bonds is 3. The lowest BCUT2D eigenvalue weighted by Gasteiger charge is -2.09. The Morgan fingerprint density at radius 3 is 2.89 bits per heavy atom. The summed E-state index contributed by atoms with van der Waals surface area (Å²) in [5.41, 5.74) is 6.49. The van der Waals surface area contributed by atoms with Gasteiger partial charge in [0, 0.05) is 12.7 Å². The van der Waals surface area contributed by atoms with Crippen LogP contribution >= 0.6 is 0 Å². The Morgan fingerprint density at radius 1 is 1.50 bits per heavy atom. The Labute approximate surface area is 104 Å². The molecule has 0 aliphatic carbocycles. The molecule has 7 heteroatoms. The van der Waals surface area contributed by atoms with Gasteiger partial charge in [0.25, 0.3) is 5.91 Å². The number of nitrogens with two attached hydrogens (primary N) is 1. The lowest BCUT2D eigenvalue weighted by atomic mass is 10.1. The molecule has 7 nitrogen and oxygen atoms in total. The van der Waals surface area contributed by atoms with Crippen molar-refractivity contribution in [3.8, 4) is 5.75 Å². The van der Waals surface area contributed by atoms with Gasteiger partial charge in [-0.15, -0.1) is 0 Å². The quantitative estimate of drug-likeness (QED) is 0.777. The molecule has 1 aromatic heterocycles. The molecule has 1 amide bonds. The summed E-state index contributed by atoms with van der Waals surface area (Å²) < 4.78 is 6.57. The Morgan fingerprint density at radius 2 is 2.28 bits per heavy atom. The summed E-state index contributed by atoms with van der Waals surface area (Å²) in [6, 6.07) is 4.85. The molecule has 18 heavy (non-hydrogen) atoms. The highest BCUT2D eigenvalue weighted by molar-refractivity contribution is 6.05. The summed E-state index contributed by atoms with van der Waals surface area (Å²) in [6.07, 6.45) is 1.35. The maximum atomic E-state index is 12.1. The van der Waals surface area contributed by atoms with Crippen LogP contribution in [0.5, 0.6) is 5.75 Å². The number of carbonyl (C=O) groups excluding carboxylic acids is 1. The molecule has 1 aromatic carbocycles. The molecule has 0 radical (unpaired) electrons. The number of nitrogens with one attached hydrogen (secondary N) is 1. The molecule has 0 fully saturated rings. The van der Waals surface area contributed by atoms with Gasteiger partial charge in [0.05, 0.1) is 12.7 Å². The van der Waals surface area contributed by atoms with Gasteiger partial charge in [0.1, 0.15) is 12.1 Å². The second kappa shape index (κ2) is 4.74. The van der Waals surface area contributed by atoms with E-state index >= 15 is 0 Å². The monoisotopic (exact) mass is 247 g/mol. The molecule has 3 N–H and O–H groups in total. The molecular formula is C11H13N5O2. The highest BCUT2D eigenvalue weighted by atomic mass is 16.5. The number of aromatic nitrogens is 3. The molecule has 0 saturated carbocycles. The van der Waals surface area contributed by atoms with Crippen molar-refractivity contribution in [2.24, 2.45) is 7.05 Å². The van der Waals surface area contributed by atoms with Gasteiger partial charge in [0.15, 0.2) is 0 Å². The zero-order chi connectivity index (χ0) is 13.1. The Bertz CT molecular complexity index is 579. The minimum Gasteiger partial charge on any atom is -0.496 e. The van der Waals surface area contributed by atoms with E-state index in [9.17, 15) is 4.79 Å². The van der Waals surface area contributed by atoms with Gasteiger partial charge in [-0.2, -0.15) is 10.1 Å². The van der Waals surface area contributed by atoms with Crippen molar-refractivity contribution in [2.75, 3.05) is 18.2 Å². The number of hydrogen-bond donors (Lipinski definition) is 2. The number of amides is 1. The lowest BCUT2D eigenvalue weighted by molar-refractivity contribution is 0.102. The van der Waals surface area contributed by atoms with E-state index in [1.54, 1.807) is 25.2 Å². The number of hydrogen-bond acceptors (Lipinski definition) is 5. The van der Waals surface area contributed by atoms with E-state index in [-0.39, 0.29) is 5.91 Å². The van der Waals surface area contributed by atoms with E-state index in [0.29, 0.717) is 22.9 Å². The maximum absolute atomic E-state index is 12.1. The first-order valence-electron chi connectivity index (χ1n) is 5.20. The first-order valence-corrected chi connectivity index (χ1v) is 5.20. The Balaban J connectivity index is 2.29. The number of ether oxygens (including phenoxy) is 1. The van der Waals surface area contributed by atoms with Crippen LogP contribution in [-0.4, -0.2) is 27.8 Å². The van der Waals surface area contributed by atoms with Gasteiger partial charge >= 0.3 is 0 Å². The van der Waals surface area contributed by atoms with Crippen LogP contribution in [0.3, 0.4) is 0 Å². The number of anilines is 2. The molecule has 0 spiro atoms. The standard InChI is InChI=1S/C11H13N5O2/c1-16-11(13-6-14-16)15-10(17)8-5-7(12)3-4-9(8)18-2/h3-6H,12H2,1-2H3,(H,13,14,15,17). The molecule has 0 aliphatic heterocycles. The summed E-state index contributed by atoms with van der Waals surface area (Å²) in [5, 5.41) is 6.48. The Hall–Kier alpha value is -2.57. The molecule has 0 unspecified atom stereocenters. The third-order valence-corrected chi connectivity index (χ3v) is 2.40. The van der Waals surface area contributed by atoms with Crippen molar-refractivity contribution in [2.45, 2.75) is 0 Å². The van der Waals surface area contributed by atoms with Crippen LogP contribution in [0.1, 0.15) is 10.4 Å². The van der Waals surface area contributed by atoms with Crippen LogP contribution in [0.25, 0.3) is 0 Å². The number of nitrogen functional groups attached to an aromatic ring is 1. The molecule has 0 aliphatic rings. The summed E-state index contributed by atoms with van der Waals surface area (Å²) in [7, 11) is 3.17. The van der Waals surface area contributed by atoms with Gasteiger partial charge < -0.3 is 10.5 Å². The van der Waals surface area contributed by atoms with E-state index in [1.165, 1.54) is 18.1 Å². The van der Waals surface area contributed by atoms with Crippen molar-refractivity contribution in [3.05, 3.63) is 30.1 Å². The third-order valence-electron chi connectivity index (χ3n) is 2.40. The van der Waals surface area contributed by atoms with Crippen molar-refractivity contribution in [3.63, 3.8) is 0 Å². The largest absolute Gasteiger partial charge is 0.496 e. The van der Waals surface area contributed by atoms with Crippen LogP contribution in [0.15, 0.2) is 24.5 Å². The van der Waals surface area contributed by atoms with Crippen molar-refractivity contribution in [1.82, 2.24) is 14.8 Å². The van der Waals surface area contributed by atoms with Crippen molar-refractivity contribution in [1.29, 1.82) is 0 Å². The van der Waals surface area contributed by atoms with E-state index in [2.05, 4.69) is 15.4 Å². The molecule has 0 atom stereocenters. The fourth-order valence-corrected chi connectivity index (χ4v) is 1.48. The van der Waals surface area contributed by atoms with Crippen LogP contribution in [0.2, 0.25) is 0 Å². The number of methoxy groups -OCH3 is 1. The minimum absolute atomic E-state index is 0.348. The molecule has 94 valence electrons. The molecule has 2 aromatic rings. The summed E-state index contributed by atoms with van der Waals surface area (Å²) in [5.74, 6) is 0.448. The summed E-state index contributed by atoms with van der Waals surface area (Å²) >= 11 is 0. The van der Waals surface area contributed by atoms with Gasteiger partial charge in [-0.3, -0.25) is 10.1 Å². The van der Waals surface area contributed by atoms with E-state index in [0.717, 1.165) is 0 Å². The van der Waals surface area contributed by atoms with Gasteiger partial charge in [-0.05, 0) is 18.2 Å². The maximum Gasteiger partial charge on any atom is 0.261 e. The van der Waals surface area contributed by atoms with Crippen LogP contribution in [0, 0.1) is 0 Å². The molecule has 0 bridgehead atoms. The lowest BCUT2D eigenvalue weighted by Crippen LogP contribution is -2.16. The normalized spacial score (nSPS) is 10.1. The highest BCUT2D eigenvalue weighted by Crippen LogP contribution is 2.21. The minimum atomic E-state index is -0.352. The van der Waals surface area contributed by atoms with Gasteiger partial charge in [-0.25, -0.2) is 4.68 Å². The summed E-state index contributed by atoms with van der Waals surface area (Å²) in [6.45, 7) is 0. The topological polar surface area (TPSA) is 95.1 Å². The van der Waals surface area contributed by atoms with E-state index < -0.39 is 0 Å². The van der Waals surface area contributed by atoms with E-state index in [1.807, 2.05) is 0 Å². The first-order chi connectivity index (χ1) is 8.61. The average molecular weight is 247 g/mol. The van der Waals surface area contributed by atoms with Gasteiger partial charge in [0.2, 0.25) is 5.95 Å². The number of carbonyl (C=O) groups is 1. The second-order valence-corrected chi connectivity index (χ2v) is 3.62. The fraction of sp³-hybridized carbons (Fsp3) is 0.182. The Kier molecular flexibility index (Phi) is 3.13. The number of benzene rings is 1. The predicted octanol–water partition coefficient (Wildman–Crippen LogP) is 0.658. The average Bonchev–Trinajstić information content (AvgIpc) is 2.75. The SMILES string of the molecule is COc1ccc(N)cc1C(=O)Nc1ncnn1C. The van der Waals surface area contributed by atoms with E-state index in [4.69, 9.17) is 10.5 Å². The number of nitrogens with zero attached hydrogens (tertiary/aromatic N) is 3. The smallest absolute Gasteiger partial charge is 0.261 e. The summed E-state index contributed by atoms with van der Waals surface area (Å²) in [4.78, 5) is 16.0. The van der Waals surface area contributed by atoms with Crippen molar-refractivity contribution >= 4 is 17.5 Å². The second-order valence-electron chi connectivity index (χ2n) is 3.62. The van der Waals surface area contributed by atoms with Crippen LogP contribution < -0.4 is 15.8 Å². The van der Waals surface area contributed by atoms with Crippen LogP contribution in [-0.2, 0) is 7.05 Å². The third kappa shape index (κ3) is 2.24. The van der Waals surface area contributed by atoms with Crippen LogP contribution in [0.4, 0.5) is 11.6 Å². The van der Waals surface area contributed by atoms with Crippen molar-refractivity contribution < 1.29 is 9.53 Å². The zero-order valence-electron chi connectivity index (χ0n) is 10.0. The number of aryl methyl sites for hydroxylation is 1.